The van der Waals surface area contributed by atoms with Crippen LogP contribution in [0.5, 0.6) is 0 Å². The van der Waals surface area contributed by atoms with Crippen LogP contribution in [0.25, 0.3) is 0 Å². The van der Waals surface area contributed by atoms with Crippen LogP contribution in [0.15, 0.2) is 53.6 Å². The first kappa shape index (κ1) is 14.8. The predicted octanol–water partition coefficient (Wildman–Crippen LogP) is 4.31. The van der Waals surface area contributed by atoms with Crippen LogP contribution in [0.3, 0.4) is 0 Å². The topological polar surface area (TPSA) is 36.4 Å². The van der Waals surface area contributed by atoms with Gasteiger partial charge in [-0.3, -0.25) is 5.43 Å². The van der Waals surface area contributed by atoms with E-state index < -0.39 is 0 Å². The van der Waals surface area contributed by atoms with E-state index in [0.717, 1.165) is 5.69 Å². The molecule has 0 aromatic heterocycles. The monoisotopic (exact) mass is 323 g/mol. The molecule has 0 radical (unpaired) electrons. The lowest BCUT2D eigenvalue weighted by atomic mass is 10.2. The summed E-state index contributed by atoms with van der Waals surface area (Å²) >= 11 is 17.2. The summed E-state index contributed by atoms with van der Waals surface area (Å²) in [5.41, 5.74) is 4.24. The molecule has 0 saturated heterocycles. The van der Waals surface area contributed by atoms with Gasteiger partial charge in [0.05, 0.1) is 16.3 Å². The molecule has 0 aliphatic rings. The SMILES string of the molecule is S=C(N/N=C/c1c(Cl)cccc1Cl)Nc1ccccc1. The molecule has 3 nitrogen and oxygen atoms in total. The summed E-state index contributed by atoms with van der Waals surface area (Å²) in [6, 6.07) is 14.8. The van der Waals surface area contributed by atoms with Crippen LogP contribution >= 0.6 is 35.4 Å². The average Bonchev–Trinajstić information content (AvgIpc) is 2.43. The number of hydrogen-bond donors (Lipinski definition) is 2. The molecular formula is C14H11Cl2N3S. The van der Waals surface area contributed by atoms with E-state index in [9.17, 15) is 0 Å². The van der Waals surface area contributed by atoms with Crippen molar-refractivity contribution in [1.29, 1.82) is 0 Å². The zero-order valence-electron chi connectivity index (χ0n) is 10.3. The van der Waals surface area contributed by atoms with E-state index in [4.69, 9.17) is 35.4 Å². The second kappa shape index (κ2) is 7.24. The number of hydrogen-bond acceptors (Lipinski definition) is 2. The van der Waals surface area contributed by atoms with Crippen molar-refractivity contribution >= 4 is 52.4 Å². The predicted molar refractivity (Wildman–Crippen MR) is 89.9 cm³/mol. The third kappa shape index (κ3) is 4.20. The van der Waals surface area contributed by atoms with Crippen molar-refractivity contribution in [1.82, 2.24) is 5.43 Å². The largest absolute Gasteiger partial charge is 0.331 e. The van der Waals surface area contributed by atoms with E-state index in [0.29, 0.717) is 20.7 Å². The maximum Gasteiger partial charge on any atom is 0.191 e. The maximum atomic E-state index is 6.02. The molecule has 0 atom stereocenters. The lowest BCUT2D eigenvalue weighted by Gasteiger charge is -2.06. The number of nitrogens with zero attached hydrogens (tertiary/aromatic N) is 1. The highest BCUT2D eigenvalue weighted by atomic mass is 35.5. The van der Waals surface area contributed by atoms with E-state index in [1.54, 1.807) is 18.2 Å². The summed E-state index contributed by atoms with van der Waals surface area (Å²) in [7, 11) is 0. The summed E-state index contributed by atoms with van der Waals surface area (Å²) in [5, 5.41) is 8.46. The van der Waals surface area contributed by atoms with Gasteiger partial charge in [0.2, 0.25) is 0 Å². The number of para-hydroxylation sites is 1. The van der Waals surface area contributed by atoms with Gasteiger partial charge in [0, 0.05) is 11.3 Å². The van der Waals surface area contributed by atoms with Crippen LogP contribution in [0.2, 0.25) is 10.0 Å². The van der Waals surface area contributed by atoms with Crippen LogP contribution in [-0.2, 0) is 0 Å². The van der Waals surface area contributed by atoms with Crippen molar-refractivity contribution in [2.24, 2.45) is 5.10 Å². The first-order valence-electron chi connectivity index (χ1n) is 5.76. The van der Waals surface area contributed by atoms with Gasteiger partial charge in [0.15, 0.2) is 5.11 Å². The van der Waals surface area contributed by atoms with Gasteiger partial charge in [-0.15, -0.1) is 0 Å². The quantitative estimate of drug-likeness (QED) is 0.502. The van der Waals surface area contributed by atoms with Crippen molar-refractivity contribution < 1.29 is 0 Å². The number of benzene rings is 2. The summed E-state index contributed by atoms with van der Waals surface area (Å²) in [5.74, 6) is 0. The Labute approximate surface area is 132 Å². The first-order chi connectivity index (χ1) is 9.66. The lowest BCUT2D eigenvalue weighted by molar-refractivity contribution is 1.05. The summed E-state index contributed by atoms with van der Waals surface area (Å²) in [4.78, 5) is 0. The Hall–Kier alpha value is -1.62. The van der Waals surface area contributed by atoms with Crippen LogP contribution in [0, 0.1) is 0 Å². The smallest absolute Gasteiger partial charge is 0.191 e. The summed E-state index contributed by atoms with van der Waals surface area (Å²) in [6.07, 6.45) is 1.53. The number of nitrogens with one attached hydrogen (secondary N) is 2. The zero-order valence-corrected chi connectivity index (χ0v) is 12.6. The van der Waals surface area contributed by atoms with E-state index in [1.807, 2.05) is 30.3 Å². The molecule has 2 N–H and O–H groups in total. The second-order valence-electron chi connectivity index (χ2n) is 3.83. The van der Waals surface area contributed by atoms with Crippen molar-refractivity contribution in [2.75, 3.05) is 5.32 Å². The average molecular weight is 324 g/mol. The van der Waals surface area contributed by atoms with Crippen LogP contribution in [0.1, 0.15) is 5.56 Å². The van der Waals surface area contributed by atoms with E-state index in [2.05, 4.69) is 15.8 Å². The van der Waals surface area contributed by atoms with Gasteiger partial charge in [0.1, 0.15) is 0 Å². The summed E-state index contributed by atoms with van der Waals surface area (Å²) < 4.78 is 0. The van der Waals surface area contributed by atoms with Crippen LogP contribution in [-0.4, -0.2) is 11.3 Å². The molecule has 0 saturated carbocycles. The Bertz CT molecular complexity index is 609. The van der Waals surface area contributed by atoms with Crippen LogP contribution in [0.4, 0.5) is 5.69 Å². The van der Waals surface area contributed by atoms with Gasteiger partial charge >= 0.3 is 0 Å². The molecule has 102 valence electrons. The second-order valence-corrected chi connectivity index (χ2v) is 5.05. The number of anilines is 1. The zero-order chi connectivity index (χ0) is 14.4. The molecule has 0 aliphatic carbocycles. The van der Waals surface area contributed by atoms with Crippen molar-refractivity contribution in [3.05, 3.63) is 64.1 Å². The Balaban J connectivity index is 1.95. The van der Waals surface area contributed by atoms with E-state index >= 15 is 0 Å². The fraction of sp³-hybridized carbons (Fsp3) is 0. The Kier molecular flexibility index (Phi) is 5.35. The number of thiocarbonyl (C=S) groups is 1. The Morgan fingerprint density at radius 1 is 1.00 bits per heavy atom. The maximum absolute atomic E-state index is 6.02. The van der Waals surface area contributed by atoms with Gasteiger partial charge in [0.25, 0.3) is 0 Å². The van der Waals surface area contributed by atoms with Gasteiger partial charge in [-0.1, -0.05) is 47.5 Å². The summed E-state index contributed by atoms with van der Waals surface area (Å²) in [6.45, 7) is 0. The first-order valence-corrected chi connectivity index (χ1v) is 6.92. The number of halogens is 2. The van der Waals surface area contributed by atoms with Crippen molar-refractivity contribution in [2.45, 2.75) is 0 Å². The molecule has 6 heteroatoms. The molecule has 2 aromatic carbocycles. The molecule has 20 heavy (non-hydrogen) atoms. The minimum absolute atomic E-state index is 0.385. The molecule has 0 fully saturated rings. The fourth-order valence-electron chi connectivity index (χ4n) is 1.47. The third-order valence-corrected chi connectivity index (χ3v) is 3.24. The standard InChI is InChI=1S/C14H11Cl2N3S/c15-12-7-4-8-13(16)11(12)9-17-19-14(20)18-10-5-2-1-3-6-10/h1-9H,(H2,18,19,20)/b17-9+. The molecule has 2 rings (SSSR count). The van der Waals surface area contributed by atoms with E-state index in [1.165, 1.54) is 6.21 Å². The van der Waals surface area contributed by atoms with Gasteiger partial charge < -0.3 is 5.32 Å². The fourth-order valence-corrected chi connectivity index (χ4v) is 2.14. The lowest BCUT2D eigenvalue weighted by Crippen LogP contribution is -2.23. The molecular weight excluding hydrogens is 313 g/mol. The highest BCUT2D eigenvalue weighted by Crippen LogP contribution is 2.21. The highest BCUT2D eigenvalue weighted by molar-refractivity contribution is 7.80. The van der Waals surface area contributed by atoms with Gasteiger partial charge in [-0.2, -0.15) is 5.10 Å². The Morgan fingerprint density at radius 3 is 2.30 bits per heavy atom. The molecule has 0 spiro atoms. The Morgan fingerprint density at radius 2 is 1.65 bits per heavy atom. The molecule has 0 amide bonds. The number of rotatable bonds is 3. The minimum Gasteiger partial charge on any atom is -0.331 e. The molecule has 0 unspecified atom stereocenters. The normalized spacial score (nSPS) is 10.5. The van der Waals surface area contributed by atoms with E-state index in [-0.39, 0.29) is 0 Å². The van der Waals surface area contributed by atoms with Crippen molar-refractivity contribution in [3.63, 3.8) is 0 Å². The van der Waals surface area contributed by atoms with Crippen molar-refractivity contribution in [3.8, 4) is 0 Å². The minimum atomic E-state index is 0.385. The number of hydrazone groups is 1. The molecule has 2 aromatic rings. The third-order valence-electron chi connectivity index (χ3n) is 2.39. The molecule has 0 heterocycles. The van der Waals surface area contributed by atoms with Gasteiger partial charge in [-0.25, -0.2) is 0 Å². The van der Waals surface area contributed by atoms with Gasteiger partial charge in [-0.05, 0) is 36.5 Å². The highest BCUT2D eigenvalue weighted by Gasteiger charge is 2.02. The van der Waals surface area contributed by atoms with Crippen LogP contribution < -0.4 is 10.7 Å². The molecule has 0 bridgehead atoms. The molecule has 0 aliphatic heterocycles.